The number of nitrogens with one attached hydrogen (secondary N) is 3. The number of hydrogen-bond acceptors (Lipinski definition) is 13. The smallest absolute Gasteiger partial charge is 0.326 e. The molecular formula is C35H47N11O3S2. The van der Waals surface area contributed by atoms with E-state index in [1.165, 1.54) is 11.5 Å². The fourth-order valence-electron chi connectivity index (χ4n) is 5.03. The van der Waals surface area contributed by atoms with Gasteiger partial charge in [0, 0.05) is 43.0 Å². The number of aromatic amines is 1. The first-order valence-corrected chi connectivity index (χ1v) is 19.0. The van der Waals surface area contributed by atoms with Crippen LogP contribution in [-0.4, -0.2) is 96.3 Å². The molecule has 0 spiro atoms. The Hall–Kier alpha value is -4.54. The third-order valence-corrected chi connectivity index (χ3v) is 9.91. The average molecular weight is 734 g/mol. The fourth-order valence-corrected chi connectivity index (χ4v) is 6.61. The summed E-state index contributed by atoms with van der Waals surface area (Å²) in [5, 5.41) is 15.5. The number of amides is 1. The molecule has 0 radical (unpaired) electrons. The Morgan fingerprint density at radius 1 is 0.961 bits per heavy atom. The number of anilines is 3. The minimum absolute atomic E-state index is 0.267. The van der Waals surface area contributed by atoms with Crippen LogP contribution in [0.25, 0.3) is 11.0 Å². The van der Waals surface area contributed by atoms with Crippen LogP contribution in [0, 0.1) is 0 Å². The zero-order valence-corrected chi connectivity index (χ0v) is 31.5. The number of imidazole rings is 1. The van der Waals surface area contributed by atoms with Crippen molar-refractivity contribution in [3.63, 3.8) is 0 Å². The van der Waals surface area contributed by atoms with Crippen LogP contribution in [0.5, 0.6) is 0 Å². The molecule has 2 aromatic heterocycles. The number of fused-ring (bicyclic) bond motifs is 1. The van der Waals surface area contributed by atoms with Crippen LogP contribution in [0.4, 0.5) is 23.0 Å². The first kappa shape index (κ1) is 39.2. The number of aromatic nitrogens is 5. The second-order valence-corrected chi connectivity index (χ2v) is 13.7. The highest BCUT2D eigenvalue weighted by atomic mass is 32.2. The van der Waals surface area contributed by atoms with Crippen LogP contribution in [0.15, 0.2) is 80.6 Å². The van der Waals surface area contributed by atoms with Crippen molar-refractivity contribution in [3.8, 4) is 0 Å². The van der Waals surface area contributed by atoms with Gasteiger partial charge in [0.25, 0.3) is 5.91 Å². The molecule has 51 heavy (non-hydrogen) atoms. The number of nitrogens with zero attached hydrogens (tertiary/aromatic N) is 8. The molecule has 0 aliphatic heterocycles. The first-order chi connectivity index (χ1) is 24.6. The number of thioether (sulfide) groups is 2. The third-order valence-electron chi connectivity index (χ3n) is 8.04. The van der Waals surface area contributed by atoms with E-state index in [0.717, 1.165) is 62.8 Å². The predicted molar refractivity (Wildman–Crippen MR) is 207 cm³/mol. The zero-order valence-electron chi connectivity index (χ0n) is 29.9. The summed E-state index contributed by atoms with van der Waals surface area (Å²) in [4.78, 5) is 58.6. The van der Waals surface area contributed by atoms with Crippen molar-refractivity contribution >= 4 is 69.3 Å². The summed E-state index contributed by atoms with van der Waals surface area (Å²) in [6, 6.07) is 10.7. The lowest BCUT2D eigenvalue weighted by Crippen LogP contribution is -2.31. The molecule has 0 aliphatic carbocycles. The van der Waals surface area contributed by atoms with Gasteiger partial charge in [-0.25, -0.2) is 4.79 Å². The predicted octanol–water partition coefficient (Wildman–Crippen LogP) is 6.25. The number of ketones is 1. The van der Waals surface area contributed by atoms with Crippen LogP contribution in [-0.2, 0) is 16.6 Å². The Balaban J connectivity index is 1.41. The maximum Gasteiger partial charge on any atom is 0.326 e. The average Bonchev–Trinajstić information content (AvgIpc) is 3.40. The molecule has 4 rings (SSSR count). The van der Waals surface area contributed by atoms with E-state index in [1.54, 1.807) is 73.0 Å². The number of rotatable bonds is 21. The van der Waals surface area contributed by atoms with Crippen molar-refractivity contribution in [2.24, 2.45) is 17.3 Å². The summed E-state index contributed by atoms with van der Waals surface area (Å²) in [6.07, 6.45) is 3.87. The number of aryl methyl sites for hydroxylation is 1. The van der Waals surface area contributed by atoms with Gasteiger partial charge in [-0.1, -0.05) is 44.0 Å². The summed E-state index contributed by atoms with van der Waals surface area (Å²) >= 11 is 3.23. The van der Waals surface area contributed by atoms with E-state index in [0.29, 0.717) is 38.7 Å². The molecule has 1 amide bonds. The Labute approximate surface area is 307 Å². The largest absolute Gasteiger partial charge is 0.378 e. The second-order valence-electron chi connectivity index (χ2n) is 11.6. The van der Waals surface area contributed by atoms with Gasteiger partial charge in [-0.05, 0) is 95.0 Å². The monoisotopic (exact) mass is 733 g/mol. The number of carbonyl (C=O) groups excluding carboxylic acids is 2. The molecule has 0 fully saturated rings. The van der Waals surface area contributed by atoms with Gasteiger partial charge in [0.2, 0.25) is 12.0 Å². The minimum atomic E-state index is -1.35. The molecule has 0 aliphatic rings. The van der Waals surface area contributed by atoms with E-state index >= 15 is 0 Å². The van der Waals surface area contributed by atoms with E-state index in [-0.39, 0.29) is 5.69 Å². The first-order valence-electron chi connectivity index (χ1n) is 17.0. The van der Waals surface area contributed by atoms with Gasteiger partial charge in [-0.15, -0.1) is 0 Å². The molecule has 16 heteroatoms. The highest BCUT2D eigenvalue weighted by Gasteiger charge is 2.23. The molecule has 0 bridgehead atoms. The molecule has 4 aromatic rings. The van der Waals surface area contributed by atoms with E-state index < -0.39 is 17.7 Å². The summed E-state index contributed by atoms with van der Waals surface area (Å²) in [6.45, 7) is 16.6. The van der Waals surface area contributed by atoms with E-state index in [2.05, 4.69) is 73.0 Å². The van der Waals surface area contributed by atoms with Crippen molar-refractivity contribution in [3.05, 3.63) is 65.7 Å². The minimum Gasteiger partial charge on any atom is -0.378 e. The fraction of sp³-hybridized carbons (Fsp3) is 0.429. The second kappa shape index (κ2) is 19.7. The molecule has 0 saturated carbocycles. The molecule has 2 aromatic carbocycles. The lowest BCUT2D eigenvalue weighted by molar-refractivity contribution is -0.126. The highest BCUT2D eigenvalue weighted by molar-refractivity contribution is 7.99. The van der Waals surface area contributed by atoms with Gasteiger partial charge < -0.3 is 25.4 Å². The van der Waals surface area contributed by atoms with Crippen LogP contribution in [0.1, 0.15) is 40.5 Å². The SMILES string of the molecule is C=CN(CC)CCCSc1nc(Nc2ccc(N=NC(C(C)=O)C(=O)Nc3ccc4c(c3)[nH]c(=O)n4C)cc2)nc(SCCCN(CC)CC)n1. The molecule has 14 nitrogen and oxygen atoms in total. The van der Waals surface area contributed by atoms with Gasteiger partial charge in [-0.2, -0.15) is 25.2 Å². The van der Waals surface area contributed by atoms with Crippen LogP contribution < -0.4 is 16.3 Å². The van der Waals surface area contributed by atoms with Gasteiger partial charge in [0.1, 0.15) is 0 Å². The molecule has 272 valence electrons. The van der Waals surface area contributed by atoms with E-state index in [4.69, 9.17) is 4.98 Å². The lowest BCUT2D eigenvalue weighted by Gasteiger charge is -2.17. The number of Topliss-reactive ketones (excluding diaryl/α,β-unsaturated/α-hetero) is 1. The normalized spacial score (nSPS) is 12.0. The summed E-state index contributed by atoms with van der Waals surface area (Å²) in [5.74, 6) is 1.12. The maximum atomic E-state index is 13.0. The molecule has 1 unspecified atom stereocenters. The number of carbonyl (C=O) groups is 2. The summed E-state index contributed by atoms with van der Waals surface area (Å²) < 4.78 is 1.47. The van der Waals surface area contributed by atoms with Gasteiger partial charge in [-0.3, -0.25) is 14.2 Å². The van der Waals surface area contributed by atoms with E-state index in [1.807, 2.05) is 6.20 Å². The third kappa shape index (κ3) is 11.8. The maximum absolute atomic E-state index is 13.0. The standard InChI is InChI=1S/C35H47N11O3S2/c1-7-45(8-2)19-11-21-50-33-39-32(40-34(41-33)51-22-12-20-46(9-3)10-4)37-25-13-15-26(16-14-25)42-43-30(24(5)47)31(48)36-27-17-18-29-28(23-27)38-35(49)44(29)6/h7,13-18,23,30H,1,8-12,19-22H2,2-6H3,(H,36,48)(H,38,49)(H,37,39,40,41). The van der Waals surface area contributed by atoms with Crippen molar-refractivity contribution in [1.29, 1.82) is 0 Å². The van der Waals surface area contributed by atoms with Gasteiger partial charge >= 0.3 is 5.69 Å². The summed E-state index contributed by atoms with van der Waals surface area (Å²) in [7, 11) is 1.65. The molecule has 1 atom stereocenters. The van der Waals surface area contributed by atoms with Crippen molar-refractivity contribution in [2.45, 2.75) is 56.9 Å². The Bertz CT molecular complexity index is 1860. The number of azo groups is 1. The number of H-pyrrole nitrogens is 1. The summed E-state index contributed by atoms with van der Waals surface area (Å²) in [5.41, 5.74) is 2.59. The Morgan fingerprint density at radius 2 is 1.61 bits per heavy atom. The zero-order chi connectivity index (χ0) is 36.8. The van der Waals surface area contributed by atoms with Crippen LogP contribution in [0.3, 0.4) is 0 Å². The van der Waals surface area contributed by atoms with E-state index in [9.17, 15) is 14.4 Å². The lowest BCUT2D eigenvalue weighted by atomic mass is 10.2. The molecule has 2 heterocycles. The molecule has 3 N–H and O–H groups in total. The van der Waals surface area contributed by atoms with Crippen molar-refractivity contribution in [2.75, 3.05) is 54.9 Å². The van der Waals surface area contributed by atoms with Gasteiger partial charge in [0.15, 0.2) is 16.1 Å². The Kier molecular flexibility index (Phi) is 15.2. The van der Waals surface area contributed by atoms with Gasteiger partial charge in [0.05, 0.1) is 16.7 Å². The number of hydrogen-bond donors (Lipinski definition) is 3. The Morgan fingerprint density at radius 3 is 2.22 bits per heavy atom. The number of benzene rings is 2. The van der Waals surface area contributed by atoms with Crippen molar-refractivity contribution < 1.29 is 9.59 Å². The highest BCUT2D eigenvalue weighted by Crippen LogP contribution is 2.25. The quantitative estimate of drug-likeness (QED) is 0.0384. The van der Waals surface area contributed by atoms with Crippen LogP contribution >= 0.6 is 23.5 Å². The van der Waals surface area contributed by atoms with Crippen molar-refractivity contribution in [1.82, 2.24) is 34.3 Å². The van der Waals surface area contributed by atoms with Crippen LogP contribution in [0.2, 0.25) is 0 Å². The topological polar surface area (TPSA) is 166 Å². The molecular weight excluding hydrogens is 687 g/mol. The molecule has 0 saturated heterocycles.